The van der Waals surface area contributed by atoms with Gasteiger partial charge >= 0.3 is 5.69 Å². The molecule has 0 radical (unpaired) electrons. The molecule has 0 aromatic heterocycles. The second-order valence-corrected chi connectivity index (χ2v) is 7.22. The van der Waals surface area contributed by atoms with Gasteiger partial charge in [0, 0.05) is 17.7 Å². The molecule has 0 spiro atoms. The van der Waals surface area contributed by atoms with Gasteiger partial charge in [0.2, 0.25) is 5.75 Å². The molecule has 11 nitrogen and oxygen atoms in total. The Labute approximate surface area is 179 Å². The number of nitrogens with zero attached hydrogens (tertiary/aromatic N) is 3. The minimum atomic E-state index is -0.796. The number of carbonyl (C=O) groups is 2. The van der Waals surface area contributed by atoms with Gasteiger partial charge in [0.1, 0.15) is 0 Å². The van der Waals surface area contributed by atoms with Crippen molar-refractivity contribution in [2.75, 3.05) is 6.61 Å². The molecule has 12 heteroatoms. The van der Waals surface area contributed by atoms with Crippen LogP contribution < -0.4 is 4.74 Å². The van der Waals surface area contributed by atoms with E-state index in [9.17, 15) is 34.9 Å². The number of aromatic hydroxyl groups is 1. The van der Waals surface area contributed by atoms with Crippen molar-refractivity contribution in [2.24, 2.45) is 0 Å². The van der Waals surface area contributed by atoms with Gasteiger partial charge in [0.25, 0.3) is 16.8 Å². The number of hydrogen-bond donors (Lipinski definition) is 1. The highest BCUT2D eigenvalue weighted by atomic mass is 32.2. The average Bonchev–Trinajstić information content (AvgIpc) is 2.97. The van der Waals surface area contributed by atoms with Gasteiger partial charge in [-0.25, -0.2) is 0 Å². The van der Waals surface area contributed by atoms with Crippen LogP contribution in [0.25, 0.3) is 6.08 Å². The smallest absolute Gasteiger partial charge is 0.315 e. The highest BCUT2D eigenvalue weighted by Crippen LogP contribution is 2.40. The molecular weight excluding hydrogens is 430 g/mol. The average molecular weight is 445 g/mol. The summed E-state index contributed by atoms with van der Waals surface area (Å²) in [5, 5.41) is 31.7. The molecule has 160 valence electrons. The lowest BCUT2D eigenvalue weighted by Gasteiger charge is -2.12. The van der Waals surface area contributed by atoms with Crippen molar-refractivity contribution in [2.45, 2.75) is 13.5 Å². The summed E-state index contributed by atoms with van der Waals surface area (Å²) < 4.78 is 5.20. The summed E-state index contributed by atoms with van der Waals surface area (Å²) in [6, 6.07) is 8.11. The lowest BCUT2D eigenvalue weighted by molar-refractivity contribution is -0.386. The molecule has 1 saturated heterocycles. The van der Waals surface area contributed by atoms with Crippen LogP contribution in [-0.4, -0.2) is 37.6 Å². The first-order valence-corrected chi connectivity index (χ1v) is 9.66. The number of nitro groups is 2. The minimum Gasteiger partial charge on any atom is -0.500 e. The molecular formula is C19H15N3O8S. The number of para-hydroxylation sites is 1. The molecule has 3 rings (SSSR count). The molecule has 0 saturated carbocycles. The monoisotopic (exact) mass is 445 g/mol. The number of ether oxygens (including phenoxy) is 1. The Kier molecular flexibility index (Phi) is 6.20. The van der Waals surface area contributed by atoms with Crippen molar-refractivity contribution in [1.82, 2.24) is 4.90 Å². The van der Waals surface area contributed by atoms with E-state index in [-0.39, 0.29) is 40.6 Å². The Balaban J connectivity index is 1.94. The lowest BCUT2D eigenvalue weighted by Crippen LogP contribution is -2.27. The predicted octanol–water partition coefficient (Wildman–Crippen LogP) is 3.84. The number of benzene rings is 2. The molecule has 0 bridgehead atoms. The summed E-state index contributed by atoms with van der Waals surface area (Å²) in [4.78, 5) is 46.9. The highest BCUT2D eigenvalue weighted by Gasteiger charge is 2.36. The maximum Gasteiger partial charge on any atom is 0.315 e. The number of hydrogen-bond acceptors (Lipinski definition) is 9. The van der Waals surface area contributed by atoms with E-state index in [1.165, 1.54) is 30.3 Å². The molecule has 1 fully saturated rings. The minimum absolute atomic E-state index is 0.0222. The van der Waals surface area contributed by atoms with E-state index in [0.717, 1.165) is 11.0 Å². The molecule has 1 aliphatic heterocycles. The van der Waals surface area contributed by atoms with E-state index < -0.39 is 32.4 Å². The maximum absolute atomic E-state index is 12.7. The molecule has 2 aromatic carbocycles. The van der Waals surface area contributed by atoms with E-state index in [0.29, 0.717) is 11.8 Å². The summed E-state index contributed by atoms with van der Waals surface area (Å²) in [7, 11) is 0. The van der Waals surface area contributed by atoms with Crippen LogP contribution >= 0.6 is 11.8 Å². The van der Waals surface area contributed by atoms with E-state index >= 15 is 0 Å². The van der Waals surface area contributed by atoms with Crippen molar-refractivity contribution >= 4 is 40.4 Å². The zero-order valence-corrected chi connectivity index (χ0v) is 16.8. The molecule has 2 amide bonds. The second kappa shape index (κ2) is 8.83. The van der Waals surface area contributed by atoms with Crippen LogP contribution in [0, 0.1) is 20.2 Å². The number of nitro benzene ring substituents is 2. The maximum atomic E-state index is 12.7. The Morgan fingerprint density at radius 2 is 1.81 bits per heavy atom. The van der Waals surface area contributed by atoms with Crippen molar-refractivity contribution in [3.05, 3.63) is 72.7 Å². The van der Waals surface area contributed by atoms with Gasteiger partial charge in [-0.15, -0.1) is 0 Å². The van der Waals surface area contributed by atoms with Crippen LogP contribution in [0.1, 0.15) is 18.1 Å². The van der Waals surface area contributed by atoms with Crippen LogP contribution in [0.3, 0.4) is 0 Å². The van der Waals surface area contributed by atoms with E-state index in [2.05, 4.69) is 0 Å². The van der Waals surface area contributed by atoms with E-state index in [4.69, 9.17) is 4.74 Å². The number of phenols is 1. The molecule has 1 N–H and O–H groups in total. The summed E-state index contributed by atoms with van der Waals surface area (Å²) in [5.74, 6) is -1.47. The van der Waals surface area contributed by atoms with Crippen LogP contribution in [0.5, 0.6) is 11.5 Å². The number of thioether (sulfide) groups is 1. The van der Waals surface area contributed by atoms with Gasteiger partial charge in [0.05, 0.1) is 27.9 Å². The molecule has 31 heavy (non-hydrogen) atoms. The first kappa shape index (κ1) is 21.8. The fourth-order valence-electron chi connectivity index (χ4n) is 2.88. The molecule has 2 aromatic rings. The van der Waals surface area contributed by atoms with Gasteiger partial charge in [-0.3, -0.25) is 34.7 Å². The van der Waals surface area contributed by atoms with E-state index in [1.54, 1.807) is 13.0 Å². The quantitative estimate of drug-likeness (QED) is 0.380. The Morgan fingerprint density at radius 1 is 1.13 bits per heavy atom. The number of rotatable bonds is 7. The van der Waals surface area contributed by atoms with Gasteiger partial charge in [0.15, 0.2) is 5.75 Å². The topological polar surface area (TPSA) is 153 Å². The van der Waals surface area contributed by atoms with Gasteiger partial charge in [-0.05, 0) is 36.4 Å². The Bertz CT molecular complexity index is 1130. The molecule has 0 unspecified atom stereocenters. The van der Waals surface area contributed by atoms with Crippen molar-refractivity contribution < 1.29 is 29.3 Å². The van der Waals surface area contributed by atoms with Crippen molar-refractivity contribution in [3.8, 4) is 11.5 Å². The normalized spacial score (nSPS) is 14.9. The summed E-state index contributed by atoms with van der Waals surface area (Å²) in [5.41, 5.74) is -0.475. The first-order valence-electron chi connectivity index (χ1n) is 8.84. The Morgan fingerprint density at radius 3 is 2.45 bits per heavy atom. The number of phenolic OH excluding ortho intramolecular Hbond substituents is 1. The second-order valence-electron chi connectivity index (χ2n) is 6.23. The highest BCUT2D eigenvalue weighted by molar-refractivity contribution is 8.18. The molecule has 0 aliphatic carbocycles. The SMILES string of the molecule is CCOc1cc(/C=C2\SC(=O)N(Cc3ccccc3[N+](=O)[O-])C2=O)cc([N+](=O)[O-])c1O. The van der Waals surface area contributed by atoms with Crippen molar-refractivity contribution in [1.29, 1.82) is 0 Å². The number of imide groups is 1. The van der Waals surface area contributed by atoms with Crippen LogP contribution in [-0.2, 0) is 11.3 Å². The van der Waals surface area contributed by atoms with Crippen LogP contribution in [0.2, 0.25) is 0 Å². The largest absolute Gasteiger partial charge is 0.500 e. The lowest BCUT2D eigenvalue weighted by atomic mass is 10.1. The van der Waals surface area contributed by atoms with Gasteiger partial charge in [-0.2, -0.15) is 0 Å². The third-order valence-corrected chi connectivity index (χ3v) is 5.17. The van der Waals surface area contributed by atoms with Crippen LogP contribution in [0.15, 0.2) is 41.3 Å². The molecule has 1 heterocycles. The van der Waals surface area contributed by atoms with E-state index in [1.807, 2.05) is 0 Å². The third kappa shape index (κ3) is 4.48. The number of amides is 2. The predicted molar refractivity (Wildman–Crippen MR) is 111 cm³/mol. The first-order chi connectivity index (χ1) is 14.7. The number of carbonyl (C=O) groups excluding carboxylic acids is 2. The fraction of sp³-hybridized carbons (Fsp3) is 0.158. The molecule has 1 aliphatic rings. The zero-order chi connectivity index (χ0) is 22.7. The summed E-state index contributed by atoms with van der Waals surface area (Å²) >= 11 is 0.603. The standard InChI is InChI=1S/C19H15N3O8S/c1-2-30-15-8-11(7-14(17(15)23)22(28)29)9-16-18(24)20(19(25)31-16)10-12-5-3-4-6-13(12)21(26)27/h3-9,23H,2,10H2,1H3/b16-9-. The summed E-state index contributed by atoms with van der Waals surface area (Å²) in [6.07, 6.45) is 1.26. The zero-order valence-electron chi connectivity index (χ0n) is 16.0. The van der Waals surface area contributed by atoms with Gasteiger partial charge < -0.3 is 9.84 Å². The van der Waals surface area contributed by atoms with Gasteiger partial charge in [-0.1, -0.05) is 18.2 Å². The Hall–Kier alpha value is -3.93. The van der Waals surface area contributed by atoms with Crippen molar-refractivity contribution in [3.63, 3.8) is 0 Å². The third-order valence-electron chi connectivity index (χ3n) is 4.26. The molecule has 0 atom stereocenters. The fourth-order valence-corrected chi connectivity index (χ4v) is 3.72. The van der Waals surface area contributed by atoms with Crippen LogP contribution in [0.4, 0.5) is 16.2 Å². The summed E-state index contributed by atoms with van der Waals surface area (Å²) in [6.45, 7) is 1.48.